The molecule has 0 aliphatic heterocycles. The average Bonchev–Trinajstić information content (AvgIpc) is 2.94. The summed E-state index contributed by atoms with van der Waals surface area (Å²) in [6.45, 7) is 3.97. The first-order chi connectivity index (χ1) is 10.5. The molecule has 2 rings (SSSR count). The van der Waals surface area contributed by atoms with E-state index >= 15 is 0 Å². The number of anilines is 1. The van der Waals surface area contributed by atoms with E-state index in [1.165, 1.54) is 29.6 Å². The number of benzene rings is 1. The molecule has 0 atom stereocenters. The third-order valence-corrected chi connectivity index (χ3v) is 3.85. The van der Waals surface area contributed by atoms with Crippen molar-refractivity contribution in [1.29, 1.82) is 0 Å². The Kier molecular flexibility index (Phi) is 4.95. The Balaban J connectivity index is 2.07. The number of nitrogens with one attached hydrogen (secondary N) is 1. The summed E-state index contributed by atoms with van der Waals surface area (Å²) in [4.78, 5) is 22.2. The molecule has 7 nitrogen and oxygen atoms in total. The molecule has 8 heteroatoms. The van der Waals surface area contributed by atoms with Gasteiger partial charge in [-0.05, 0) is 12.1 Å². The largest absolute Gasteiger partial charge is 0.297 e. The van der Waals surface area contributed by atoms with Gasteiger partial charge in [-0.15, -0.1) is 10.2 Å². The lowest BCUT2D eigenvalue weighted by Gasteiger charge is -1.97. The molecule has 1 heterocycles. The highest BCUT2D eigenvalue weighted by atomic mass is 32.1. The van der Waals surface area contributed by atoms with Gasteiger partial charge in [-0.1, -0.05) is 37.3 Å². The van der Waals surface area contributed by atoms with Crippen molar-refractivity contribution in [2.75, 3.05) is 5.32 Å². The van der Waals surface area contributed by atoms with Gasteiger partial charge in [0.25, 0.3) is 5.69 Å². The third kappa shape index (κ3) is 3.95. The maximum atomic E-state index is 11.8. The van der Waals surface area contributed by atoms with Crippen LogP contribution in [0.3, 0.4) is 0 Å². The van der Waals surface area contributed by atoms with Crippen LogP contribution in [0.15, 0.2) is 30.3 Å². The first-order valence-electron chi connectivity index (χ1n) is 6.53. The Morgan fingerprint density at radius 1 is 1.36 bits per heavy atom. The number of carbonyl (C=O) groups excluding carboxylic acids is 1. The zero-order valence-corrected chi connectivity index (χ0v) is 12.8. The van der Waals surface area contributed by atoms with Crippen molar-refractivity contribution < 1.29 is 9.72 Å². The number of hydrogen-bond donors (Lipinski definition) is 1. The van der Waals surface area contributed by atoms with Crippen LogP contribution in [0.2, 0.25) is 0 Å². The van der Waals surface area contributed by atoms with E-state index in [1.807, 2.05) is 13.8 Å². The maximum Gasteiger partial charge on any atom is 0.276 e. The predicted molar refractivity (Wildman–Crippen MR) is 84.8 cm³/mol. The highest BCUT2D eigenvalue weighted by Gasteiger charge is 2.11. The van der Waals surface area contributed by atoms with Crippen LogP contribution in [-0.2, 0) is 4.79 Å². The van der Waals surface area contributed by atoms with Gasteiger partial charge in [0.1, 0.15) is 5.01 Å². The predicted octanol–water partition coefficient (Wildman–Crippen LogP) is 3.22. The number of nitrogens with zero attached hydrogens (tertiary/aromatic N) is 3. The van der Waals surface area contributed by atoms with E-state index in [-0.39, 0.29) is 11.6 Å². The van der Waals surface area contributed by atoms with Crippen LogP contribution in [0.5, 0.6) is 0 Å². The van der Waals surface area contributed by atoms with Crippen LogP contribution in [0.1, 0.15) is 30.3 Å². The molecule has 0 spiro atoms. The highest BCUT2D eigenvalue weighted by molar-refractivity contribution is 7.15. The SMILES string of the molecule is CC(C)c1nnc(NC(=O)/C=C/c2ccccc2[N+](=O)[O-])s1. The van der Waals surface area contributed by atoms with Crippen molar-refractivity contribution in [3.05, 3.63) is 51.0 Å². The molecule has 0 bridgehead atoms. The quantitative estimate of drug-likeness (QED) is 0.518. The first kappa shape index (κ1) is 15.8. The van der Waals surface area contributed by atoms with Gasteiger partial charge >= 0.3 is 0 Å². The van der Waals surface area contributed by atoms with Crippen molar-refractivity contribution in [2.24, 2.45) is 0 Å². The molecule has 0 aliphatic carbocycles. The van der Waals surface area contributed by atoms with Gasteiger partial charge in [0.05, 0.1) is 10.5 Å². The number of para-hydroxylation sites is 1. The third-order valence-electron chi connectivity index (χ3n) is 2.71. The molecule has 0 radical (unpaired) electrons. The molecule has 0 unspecified atom stereocenters. The fraction of sp³-hybridized carbons (Fsp3) is 0.214. The van der Waals surface area contributed by atoms with E-state index in [2.05, 4.69) is 15.5 Å². The minimum absolute atomic E-state index is 0.0513. The van der Waals surface area contributed by atoms with Crippen molar-refractivity contribution >= 4 is 34.1 Å². The van der Waals surface area contributed by atoms with E-state index in [9.17, 15) is 14.9 Å². The molecule has 1 aromatic carbocycles. The second kappa shape index (κ2) is 6.90. The molecule has 0 aliphatic rings. The molecule has 1 N–H and O–H groups in total. The zero-order chi connectivity index (χ0) is 16.1. The molecule has 1 amide bonds. The molecule has 2 aromatic rings. The number of carbonyl (C=O) groups is 1. The number of rotatable bonds is 5. The number of nitro benzene ring substituents is 1. The molecular formula is C14H14N4O3S. The van der Waals surface area contributed by atoms with E-state index in [0.717, 1.165) is 5.01 Å². The van der Waals surface area contributed by atoms with Crippen molar-refractivity contribution in [3.63, 3.8) is 0 Å². The Labute approximate surface area is 130 Å². The summed E-state index contributed by atoms with van der Waals surface area (Å²) in [5, 5.41) is 22.5. The zero-order valence-electron chi connectivity index (χ0n) is 12.0. The standard InChI is InChI=1S/C14H14N4O3S/c1-9(2)13-16-17-14(22-13)15-12(19)8-7-10-5-3-4-6-11(10)18(20)21/h3-9H,1-2H3,(H,15,17,19)/b8-7+. The number of nitro groups is 1. The molecule has 1 aromatic heterocycles. The summed E-state index contributed by atoms with van der Waals surface area (Å²) in [7, 11) is 0. The van der Waals surface area contributed by atoms with Gasteiger partial charge in [0.2, 0.25) is 11.0 Å². The lowest BCUT2D eigenvalue weighted by Crippen LogP contribution is -2.07. The fourth-order valence-electron chi connectivity index (χ4n) is 1.63. The van der Waals surface area contributed by atoms with Crippen molar-refractivity contribution in [1.82, 2.24) is 10.2 Å². The molecule has 22 heavy (non-hydrogen) atoms. The normalized spacial score (nSPS) is 11.0. The summed E-state index contributed by atoms with van der Waals surface area (Å²) >= 11 is 1.30. The summed E-state index contributed by atoms with van der Waals surface area (Å²) in [6.07, 6.45) is 2.64. The molecular weight excluding hydrogens is 304 g/mol. The van der Waals surface area contributed by atoms with Crippen LogP contribution in [0.25, 0.3) is 6.08 Å². The van der Waals surface area contributed by atoms with Gasteiger partial charge in [0, 0.05) is 18.1 Å². The minimum Gasteiger partial charge on any atom is -0.297 e. The van der Waals surface area contributed by atoms with Crippen molar-refractivity contribution in [3.8, 4) is 0 Å². The Hall–Kier alpha value is -2.61. The molecule has 114 valence electrons. The van der Waals surface area contributed by atoms with Crippen LogP contribution >= 0.6 is 11.3 Å². The van der Waals surface area contributed by atoms with Crippen LogP contribution in [0, 0.1) is 10.1 Å². The van der Waals surface area contributed by atoms with Gasteiger partial charge in [-0.3, -0.25) is 20.2 Å². The molecule has 0 saturated heterocycles. The van der Waals surface area contributed by atoms with Crippen molar-refractivity contribution in [2.45, 2.75) is 19.8 Å². The monoisotopic (exact) mass is 318 g/mol. The molecule has 0 fully saturated rings. The summed E-state index contributed by atoms with van der Waals surface area (Å²) in [6, 6.07) is 6.20. The minimum atomic E-state index is -0.489. The summed E-state index contributed by atoms with van der Waals surface area (Å²) in [5.41, 5.74) is 0.312. The van der Waals surface area contributed by atoms with Gasteiger partial charge in [-0.2, -0.15) is 0 Å². The lowest BCUT2D eigenvalue weighted by atomic mass is 10.1. The van der Waals surface area contributed by atoms with Gasteiger partial charge < -0.3 is 0 Å². The van der Waals surface area contributed by atoms with Crippen LogP contribution in [0.4, 0.5) is 10.8 Å². The number of hydrogen-bond acceptors (Lipinski definition) is 6. The Bertz CT molecular complexity index is 724. The van der Waals surface area contributed by atoms with Gasteiger partial charge in [-0.25, -0.2) is 0 Å². The highest BCUT2D eigenvalue weighted by Crippen LogP contribution is 2.22. The van der Waals surface area contributed by atoms with E-state index in [4.69, 9.17) is 0 Å². The average molecular weight is 318 g/mol. The summed E-state index contributed by atoms with van der Waals surface area (Å²) < 4.78 is 0. The Morgan fingerprint density at radius 2 is 2.09 bits per heavy atom. The number of amides is 1. The number of aromatic nitrogens is 2. The van der Waals surface area contributed by atoms with E-state index in [0.29, 0.717) is 10.7 Å². The smallest absolute Gasteiger partial charge is 0.276 e. The fourth-order valence-corrected chi connectivity index (χ4v) is 2.37. The maximum absolute atomic E-state index is 11.8. The van der Waals surface area contributed by atoms with E-state index < -0.39 is 10.8 Å². The van der Waals surface area contributed by atoms with E-state index in [1.54, 1.807) is 18.2 Å². The topological polar surface area (TPSA) is 98.0 Å². The summed E-state index contributed by atoms with van der Waals surface area (Å²) in [5.74, 6) is -0.171. The molecule has 0 saturated carbocycles. The first-order valence-corrected chi connectivity index (χ1v) is 7.35. The van der Waals surface area contributed by atoms with Gasteiger partial charge in [0.15, 0.2) is 0 Å². The van der Waals surface area contributed by atoms with Crippen LogP contribution < -0.4 is 5.32 Å². The van der Waals surface area contributed by atoms with Crippen LogP contribution in [-0.4, -0.2) is 21.0 Å². The Morgan fingerprint density at radius 3 is 2.73 bits per heavy atom. The second-order valence-corrected chi connectivity index (χ2v) is 5.75. The lowest BCUT2D eigenvalue weighted by molar-refractivity contribution is -0.385. The second-order valence-electron chi connectivity index (χ2n) is 4.74.